The second-order valence-corrected chi connectivity index (χ2v) is 4.95. The number of nitrogens with zero attached hydrogens (tertiary/aromatic N) is 3. The number of non-ortho nitro benzene ring substituents is 1. The highest BCUT2D eigenvalue weighted by Crippen LogP contribution is 2.30. The zero-order valence-corrected chi connectivity index (χ0v) is 11.7. The van der Waals surface area contributed by atoms with Gasteiger partial charge in [0.1, 0.15) is 5.52 Å². The summed E-state index contributed by atoms with van der Waals surface area (Å²) in [7, 11) is 0. The number of benzene rings is 1. The SMILES string of the molecule is Cc1nc2c([N+](=O)[O-])cccc2cc1N1CCC(=O)NC1=O. The van der Waals surface area contributed by atoms with Crippen molar-refractivity contribution in [2.24, 2.45) is 0 Å². The quantitative estimate of drug-likeness (QED) is 0.673. The standard InChI is InChI=1S/C14H12N4O4/c1-8-11(17-6-5-12(19)16-14(17)20)7-9-3-2-4-10(18(21)22)13(9)15-8/h2-4,7H,5-6H2,1H3,(H,16,19,20). The zero-order chi connectivity index (χ0) is 15.9. The summed E-state index contributed by atoms with van der Waals surface area (Å²) in [4.78, 5) is 39.4. The third-order valence-electron chi connectivity index (χ3n) is 3.53. The van der Waals surface area contributed by atoms with Crippen LogP contribution in [0.3, 0.4) is 0 Å². The molecule has 22 heavy (non-hydrogen) atoms. The molecule has 0 radical (unpaired) electrons. The van der Waals surface area contributed by atoms with Crippen LogP contribution in [-0.4, -0.2) is 28.4 Å². The number of urea groups is 1. The van der Waals surface area contributed by atoms with Crippen LogP contribution >= 0.6 is 0 Å². The van der Waals surface area contributed by atoms with E-state index in [1.165, 1.54) is 11.0 Å². The number of para-hydroxylation sites is 1. The van der Waals surface area contributed by atoms with Gasteiger partial charge in [-0.25, -0.2) is 9.78 Å². The molecule has 3 rings (SSSR count). The van der Waals surface area contributed by atoms with E-state index in [4.69, 9.17) is 0 Å². The van der Waals surface area contributed by atoms with E-state index in [2.05, 4.69) is 10.3 Å². The molecule has 1 fully saturated rings. The summed E-state index contributed by atoms with van der Waals surface area (Å²) in [5.41, 5.74) is 1.23. The highest BCUT2D eigenvalue weighted by molar-refractivity contribution is 6.06. The molecule has 1 aromatic carbocycles. The number of aryl methyl sites for hydroxylation is 1. The molecule has 112 valence electrons. The van der Waals surface area contributed by atoms with Crippen molar-refractivity contribution in [2.45, 2.75) is 13.3 Å². The highest BCUT2D eigenvalue weighted by atomic mass is 16.6. The van der Waals surface area contributed by atoms with Gasteiger partial charge in [-0.2, -0.15) is 0 Å². The average molecular weight is 300 g/mol. The van der Waals surface area contributed by atoms with Crippen molar-refractivity contribution >= 4 is 34.2 Å². The van der Waals surface area contributed by atoms with Gasteiger partial charge in [-0.05, 0) is 13.0 Å². The van der Waals surface area contributed by atoms with E-state index in [0.717, 1.165) is 0 Å². The minimum absolute atomic E-state index is 0.0783. The van der Waals surface area contributed by atoms with Crippen molar-refractivity contribution < 1.29 is 14.5 Å². The summed E-state index contributed by atoms with van der Waals surface area (Å²) in [5, 5.41) is 13.9. The fourth-order valence-corrected chi connectivity index (χ4v) is 2.48. The molecule has 1 N–H and O–H groups in total. The van der Waals surface area contributed by atoms with Crippen LogP contribution in [0.25, 0.3) is 10.9 Å². The molecule has 0 saturated carbocycles. The van der Waals surface area contributed by atoms with Crippen molar-refractivity contribution in [1.82, 2.24) is 10.3 Å². The predicted octanol–water partition coefficient (Wildman–Crippen LogP) is 1.90. The highest BCUT2D eigenvalue weighted by Gasteiger charge is 2.26. The summed E-state index contributed by atoms with van der Waals surface area (Å²) >= 11 is 0. The van der Waals surface area contributed by atoms with E-state index in [0.29, 0.717) is 16.8 Å². The molecule has 8 nitrogen and oxygen atoms in total. The smallest absolute Gasteiger partial charge is 0.292 e. The summed E-state index contributed by atoms with van der Waals surface area (Å²) in [5.74, 6) is -0.316. The third-order valence-corrected chi connectivity index (χ3v) is 3.53. The lowest BCUT2D eigenvalue weighted by molar-refractivity contribution is -0.383. The molecular weight excluding hydrogens is 288 g/mol. The lowest BCUT2D eigenvalue weighted by Crippen LogP contribution is -2.49. The van der Waals surface area contributed by atoms with Gasteiger partial charge in [-0.1, -0.05) is 12.1 Å². The van der Waals surface area contributed by atoms with E-state index in [1.807, 2.05) is 0 Å². The van der Waals surface area contributed by atoms with Gasteiger partial charge in [0.25, 0.3) is 5.69 Å². The molecule has 1 aliphatic heterocycles. The second kappa shape index (κ2) is 5.06. The molecule has 2 heterocycles. The Kier molecular flexibility index (Phi) is 3.21. The first-order valence-corrected chi connectivity index (χ1v) is 6.63. The number of fused-ring (bicyclic) bond motifs is 1. The molecule has 2 aromatic rings. The number of nitro benzene ring substituents is 1. The van der Waals surface area contributed by atoms with Crippen molar-refractivity contribution in [3.05, 3.63) is 40.1 Å². The van der Waals surface area contributed by atoms with Gasteiger partial charge >= 0.3 is 6.03 Å². The van der Waals surface area contributed by atoms with Crippen LogP contribution in [-0.2, 0) is 4.79 Å². The fourth-order valence-electron chi connectivity index (χ4n) is 2.48. The molecule has 8 heteroatoms. The Labute approximate surface area is 124 Å². The van der Waals surface area contributed by atoms with Gasteiger partial charge in [0, 0.05) is 24.4 Å². The molecule has 0 unspecified atom stereocenters. The lowest BCUT2D eigenvalue weighted by atomic mass is 10.1. The Bertz CT molecular complexity index is 818. The molecule has 0 bridgehead atoms. The number of aromatic nitrogens is 1. The van der Waals surface area contributed by atoms with E-state index in [1.54, 1.807) is 25.1 Å². The van der Waals surface area contributed by atoms with E-state index in [9.17, 15) is 19.7 Å². The van der Waals surface area contributed by atoms with Crippen LogP contribution in [0, 0.1) is 17.0 Å². The maximum atomic E-state index is 11.9. The van der Waals surface area contributed by atoms with Crippen LogP contribution in [0.5, 0.6) is 0 Å². The Balaban J connectivity index is 2.12. The van der Waals surface area contributed by atoms with Crippen molar-refractivity contribution in [2.75, 3.05) is 11.4 Å². The largest absolute Gasteiger partial charge is 0.328 e. The van der Waals surface area contributed by atoms with E-state index in [-0.39, 0.29) is 30.1 Å². The van der Waals surface area contributed by atoms with Gasteiger partial charge in [0.2, 0.25) is 5.91 Å². The first-order valence-electron chi connectivity index (χ1n) is 6.63. The normalized spacial score (nSPS) is 15.0. The average Bonchev–Trinajstić information content (AvgIpc) is 2.46. The molecule has 3 amide bonds. The number of hydrogen-bond donors (Lipinski definition) is 1. The Morgan fingerprint density at radius 1 is 1.36 bits per heavy atom. The number of hydrogen-bond acceptors (Lipinski definition) is 5. The minimum atomic E-state index is -0.508. The van der Waals surface area contributed by atoms with Crippen LogP contribution in [0.2, 0.25) is 0 Å². The summed E-state index contributed by atoms with van der Waals surface area (Å²) in [6, 6.07) is 5.83. The molecule has 1 saturated heterocycles. The zero-order valence-electron chi connectivity index (χ0n) is 11.7. The molecule has 0 spiro atoms. The van der Waals surface area contributed by atoms with Crippen LogP contribution in [0.15, 0.2) is 24.3 Å². The van der Waals surface area contributed by atoms with Gasteiger partial charge in [0.05, 0.1) is 16.3 Å². The minimum Gasteiger partial charge on any atom is -0.292 e. The van der Waals surface area contributed by atoms with Gasteiger partial charge in [-0.3, -0.25) is 25.1 Å². The van der Waals surface area contributed by atoms with Crippen LogP contribution in [0.4, 0.5) is 16.2 Å². The maximum Gasteiger partial charge on any atom is 0.328 e. The number of carbonyl (C=O) groups excluding carboxylic acids is 2. The monoisotopic (exact) mass is 300 g/mol. The molecule has 1 aromatic heterocycles. The number of rotatable bonds is 2. The van der Waals surface area contributed by atoms with Crippen LogP contribution < -0.4 is 10.2 Å². The topological polar surface area (TPSA) is 105 Å². The van der Waals surface area contributed by atoms with Crippen molar-refractivity contribution in [1.29, 1.82) is 0 Å². The summed E-state index contributed by atoms with van der Waals surface area (Å²) in [6.07, 6.45) is 0.207. The summed E-state index contributed by atoms with van der Waals surface area (Å²) < 4.78 is 0. The van der Waals surface area contributed by atoms with Crippen LogP contribution in [0.1, 0.15) is 12.1 Å². The second-order valence-electron chi connectivity index (χ2n) is 4.95. The van der Waals surface area contributed by atoms with Gasteiger partial charge in [0.15, 0.2) is 0 Å². The van der Waals surface area contributed by atoms with E-state index >= 15 is 0 Å². The maximum absolute atomic E-state index is 11.9. The summed E-state index contributed by atoms with van der Waals surface area (Å²) in [6.45, 7) is 1.93. The van der Waals surface area contributed by atoms with Crippen molar-refractivity contribution in [3.63, 3.8) is 0 Å². The number of carbonyl (C=O) groups is 2. The molecule has 1 aliphatic rings. The Morgan fingerprint density at radius 3 is 2.82 bits per heavy atom. The number of imide groups is 1. The van der Waals surface area contributed by atoms with Gasteiger partial charge in [-0.15, -0.1) is 0 Å². The number of pyridine rings is 1. The molecule has 0 atom stereocenters. The lowest BCUT2D eigenvalue weighted by Gasteiger charge is -2.27. The fraction of sp³-hybridized carbons (Fsp3) is 0.214. The molecule has 0 aliphatic carbocycles. The first-order chi connectivity index (χ1) is 10.5. The van der Waals surface area contributed by atoms with Crippen molar-refractivity contribution in [3.8, 4) is 0 Å². The number of nitro groups is 1. The number of nitrogens with one attached hydrogen (secondary N) is 1. The number of amides is 3. The van der Waals surface area contributed by atoms with Gasteiger partial charge < -0.3 is 0 Å². The first kappa shape index (κ1) is 13.9. The Hall–Kier alpha value is -3.03. The number of anilines is 1. The Morgan fingerprint density at radius 2 is 2.14 bits per heavy atom. The van der Waals surface area contributed by atoms with E-state index < -0.39 is 11.0 Å². The predicted molar refractivity (Wildman–Crippen MR) is 78.6 cm³/mol. The molecular formula is C14H12N4O4. The third kappa shape index (κ3) is 2.24.